The molecule has 0 aromatic heterocycles. The molecule has 1 saturated heterocycles. The lowest BCUT2D eigenvalue weighted by atomic mass is 9.89. The van der Waals surface area contributed by atoms with Crippen molar-refractivity contribution in [3.8, 4) is 0 Å². The second-order valence-corrected chi connectivity index (χ2v) is 6.45. The summed E-state index contributed by atoms with van der Waals surface area (Å²) in [6.07, 6.45) is 3.46. The highest BCUT2D eigenvalue weighted by Gasteiger charge is 2.41. The van der Waals surface area contributed by atoms with Gasteiger partial charge >= 0.3 is 5.97 Å². The molecule has 6 atom stereocenters. The molecule has 118 valence electrons. The van der Waals surface area contributed by atoms with Gasteiger partial charge in [0.1, 0.15) is 0 Å². The molecule has 0 aromatic carbocycles. The van der Waals surface area contributed by atoms with Crippen molar-refractivity contribution in [1.82, 2.24) is 0 Å². The maximum absolute atomic E-state index is 10.9. The fourth-order valence-electron chi connectivity index (χ4n) is 3.15. The van der Waals surface area contributed by atoms with Gasteiger partial charge in [-0.3, -0.25) is 4.79 Å². The van der Waals surface area contributed by atoms with E-state index in [1.165, 1.54) is 6.42 Å². The lowest BCUT2D eigenvalue weighted by molar-refractivity contribution is -0.140. The van der Waals surface area contributed by atoms with Gasteiger partial charge in [-0.15, -0.1) is 0 Å². The van der Waals surface area contributed by atoms with Gasteiger partial charge in [0, 0.05) is 13.5 Å². The summed E-state index contributed by atoms with van der Waals surface area (Å²) in [5.74, 6) is 0.403. The minimum absolute atomic E-state index is 0.0155. The highest BCUT2D eigenvalue weighted by atomic mass is 16.6. The van der Waals surface area contributed by atoms with Gasteiger partial charge in [-0.1, -0.05) is 34.1 Å². The van der Waals surface area contributed by atoms with Crippen molar-refractivity contribution in [2.75, 3.05) is 7.11 Å². The van der Waals surface area contributed by atoms with Gasteiger partial charge < -0.3 is 14.6 Å². The van der Waals surface area contributed by atoms with Gasteiger partial charge in [-0.2, -0.15) is 0 Å². The van der Waals surface area contributed by atoms with Gasteiger partial charge in [0.05, 0.1) is 24.7 Å². The summed E-state index contributed by atoms with van der Waals surface area (Å²) < 4.78 is 11.7. The van der Waals surface area contributed by atoms with Gasteiger partial charge in [-0.05, 0) is 24.2 Å². The van der Waals surface area contributed by atoms with Crippen LogP contribution < -0.4 is 0 Å². The Kier molecular flexibility index (Phi) is 6.96. The maximum Gasteiger partial charge on any atom is 0.303 e. The monoisotopic (exact) mass is 286 g/mol. The summed E-state index contributed by atoms with van der Waals surface area (Å²) in [5.41, 5.74) is 0. The molecule has 0 bridgehead atoms. The molecule has 1 heterocycles. The predicted octanol–water partition coefficient (Wildman–Crippen LogP) is 3.34. The second-order valence-electron chi connectivity index (χ2n) is 6.45. The van der Waals surface area contributed by atoms with E-state index < -0.39 is 5.97 Å². The van der Waals surface area contributed by atoms with Crippen LogP contribution in [0.2, 0.25) is 0 Å². The zero-order chi connectivity index (χ0) is 15.3. The molecule has 1 N–H and O–H groups in total. The molecule has 1 fully saturated rings. The van der Waals surface area contributed by atoms with E-state index in [0.29, 0.717) is 11.8 Å². The predicted molar refractivity (Wildman–Crippen MR) is 78.7 cm³/mol. The molecule has 4 nitrogen and oxygen atoms in total. The van der Waals surface area contributed by atoms with Crippen LogP contribution in [0.15, 0.2) is 0 Å². The lowest BCUT2D eigenvalue weighted by Crippen LogP contribution is -2.31. The van der Waals surface area contributed by atoms with Crippen LogP contribution in [0.3, 0.4) is 0 Å². The normalized spacial score (nSPS) is 30.9. The summed E-state index contributed by atoms with van der Waals surface area (Å²) in [6, 6.07) is 0. The molecule has 4 heteroatoms. The number of carboxylic acid groups (broad SMARTS) is 1. The van der Waals surface area contributed by atoms with Crippen molar-refractivity contribution >= 4 is 5.97 Å². The van der Waals surface area contributed by atoms with Gasteiger partial charge in [0.15, 0.2) is 0 Å². The first-order valence-electron chi connectivity index (χ1n) is 7.79. The van der Waals surface area contributed by atoms with Crippen LogP contribution in [0, 0.1) is 17.8 Å². The van der Waals surface area contributed by atoms with E-state index >= 15 is 0 Å². The highest BCUT2D eigenvalue weighted by Crippen LogP contribution is 2.35. The third kappa shape index (κ3) is 4.74. The van der Waals surface area contributed by atoms with Crippen LogP contribution in [0.4, 0.5) is 0 Å². The third-order valence-electron chi connectivity index (χ3n) is 4.63. The number of rotatable bonds is 8. The summed E-state index contributed by atoms with van der Waals surface area (Å²) in [6.45, 7) is 8.65. The largest absolute Gasteiger partial charge is 0.481 e. The summed E-state index contributed by atoms with van der Waals surface area (Å²) >= 11 is 0. The third-order valence-corrected chi connectivity index (χ3v) is 4.63. The number of ether oxygens (including phenoxy) is 2. The van der Waals surface area contributed by atoms with E-state index in [1.807, 2.05) is 6.92 Å². The smallest absolute Gasteiger partial charge is 0.303 e. The molecular weight excluding hydrogens is 256 g/mol. The van der Waals surface area contributed by atoms with E-state index in [2.05, 4.69) is 20.8 Å². The first-order valence-corrected chi connectivity index (χ1v) is 7.79. The Hall–Kier alpha value is -0.610. The molecule has 1 aliphatic heterocycles. The van der Waals surface area contributed by atoms with Gasteiger partial charge in [0.2, 0.25) is 0 Å². The summed E-state index contributed by atoms with van der Waals surface area (Å²) in [7, 11) is 1.69. The first-order chi connectivity index (χ1) is 9.38. The highest BCUT2D eigenvalue weighted by molar-refractivity contribution is 5.67. The van der Waals surface area contributed by atoms with Crippen molar-refractivity contribution in [3.05, 3.63) is 0 Å². The first kappa shape index (κ1) is 17.4. The van der Waals surface area contributed by atoms with E-state index in [0.717, 1.165) is 12.8 Å². The molecule has 1 rings (SSSR count). The molecule has 1 unspecified atom stereocenters. The number of carbonyl (C=O) groups is 1. The van der Waals surface area contributed by atoms with Crippen LogP contribution in [0.25, 0.3) is 0 Å². The second kappa shape index (κ2) is 7.99. The van der Waals surface area contributed by atoms with Gasteiger partial charge in [-0.25, -0.2) is 0 Å². The number of hydrogen-bond acceptors (Lipinski definition) is 3. The molecule has 0 spiro atoms. The zero-order valence-electron chi connectivity index (χ0n) is 13.5. The molecule has 0 radical (unpaired) electrons. The molecule has 0 aliphatic carbocycles. The molecule has 0 amide bonds. The van der Waals surface area contributed by atoms with Crippen LogP contribution in [0.1, 0.15) is 53.4 Å². The minimum atomic E-state index is -0.771. The average Bonchev–Trinajstić information content (AvgIpc) is 2.81. The zero-order valence-corrected chi connectivity index (χ0v) is 13.5. The van der Waals surface area contributed by atoms with Crippen molar-refractivity contribution in [3.63, 3.8) is 0 Å². The Morgan fingerprint density at radius 2 is 2.00 bits per heavy atom. The van der Waals surface area contributed by atoms with Crippen LogP contribution in [0.5, 0.6) is 0 Å². The molecule has 0 saturated carbocycles. The SMILES string of the molecule is CC[C@H](C)C[C@H](C)[C@@H]1C[C@H](OC)C([C@@H](C)CC(=O)O)O1. The minimum Gasteiger partial charge on any atom is -0.481 e. The Balaban J connectivity index is 2.60. The Bertz CT molecular complexity index is 305. The molecule has 1 aliphatic rings. The number of hydrogen-bond donors (Lipinski definition) is 1. The summed E-state index contributed by atoms with van der Waals surface area (Å²) in [5, 5.41) is 8.93. The number of aliphatic carboxylic acids is 1. The molecular formula is C16H30O4. The Labute approximate surface area is 122 Å². The average molecular weight is 286 g/mol. The van der Waals surface area contributed by atoms with Crippen molar-refractivity contribution in [2.45, 2.75) is 71.7 Å². The maximum atomic E-state index is 10.9. The fourth-order valence-corrected chi connectivity index (χ4v) is 3.15. The molecule has 0 aromatic rings. The van der Waals surface area contributed by atoms with Crippen LogP contribution in [-0.4, -0.2) is 36.5 Å². The van der Waals surface area contributed by atoms with Crippen LogP contribution in [-0.2, 0) is 14.3 Å². The van der Waals surface area contributed by atoms with E-state index in [-0.39, 0.29) is 30.7 Å². The fraction of sp³-hybridized carbons (Fsp3) is 0.938. The van der Waals surface area contributed by atoms with Crippen LogP contribution >= 0.6 is 0 Å². The lowest BCUT2D eigenvalue weighted by Gasteiger charge is -2.25. The Morgan fingerprint density at radius 1 is 1.35 bits per heavy atom. The van der Waals surface area contributed by atoms with Crippen molar-refractivity contribution in [2.24, 2.45) is 17.8 Å². The molecule has 20 heavy (non-hydrogen) atoms. The van der Waals surface area contributed by atoms with E-state index in [9.17, 15) is 4.79 Å². The topological polar surface area (TPSA) is 55.8 Å². The summed E-state index contributed by atoms with van der Waals surface area (Å²) in [4.78, 5) is 10.9. The number of carboxylic acids is 1. The standard InChI is InChI=1S/C16H30O4/c1-6-10(2)7-11(3)13-9-14(19-5)16(20-13)12(4)8-15(17)18/h10-14,16H,6-9H2,1-5H3,(H,17,18)/t10-,11-,12-,13-,14-,16?/m0/s1. The Morgan fingerprint density at radius 3 is 2.50 bits per heavy atom. The van der Waals surface area contributed by atoms with Gasteiger partial charge in [0.25, 0.3) is 0 Å². The van der Waals surface area contributed by atoms with E-state index in [1.54, 1.807) is 7.11 Å². The number of methoxy groups -OCH3 is 1. The van der Waals surface area contributed by atoms with E-state index in [4.69, 9.17) is 14.6 Å². The van der Waals surface area contributed by atoms with Crippen molar-refractivity contribution < 1.29 is 19.4 Å². The quantitative estimate of drug-likeness (QED) is 0.743. The van der Waals surface area contributed by atoms with Crippen molar-refractivity contribution in [1.29, 1.82) is 0 Å².